The van der Waals surface area contributed by atoms with Gasteiger partial charge < -0.3 is 9.32 Å². The molecule has 1 saturated heterocycles. The molecule has 5 aromatic rings. The predicted octanol–water partition coefficient (Wildman–Crippen LogP) is 7.44. The standard InChI is InChI=1S/C33H29F2N3O2/c1-21-7-6-8-22(2)31(21)38-20-24(11-14-29(38)39)30-32(27-13-12-25(34)19-28(27)35)40-33(36-30)23-15-17-37(18-16-23)26-9-4-3-5-10-26/h3-14,19-20,23H,15-18H2,1-2H3. The van der Waals surface area contributed by atoms with Crippen molar-refractivity contribution < 1.29 is 13.2 Å². The number of halogens is 2. The van der Waals surface area contributed by atoms with Gasteiger partial charge in [0.25, 0.3) is 5.56 Å². The summed E-state index contributed by atoms with van der Waals surface area (Å²) >= 11 is 0. The van der Waals surface area contributed by atoms with Gasteiger partial charge in [-0.25, -0.2) is 13.8 Å². The second-order valence-corrected chi connectivity index (χ2v) is 10.3. The highest BCUT2D eigenvalue weighted by molar-refractivity contribution is 5.77. The second kappa shape index (κ2) is 10.6. The molecule has 1 fully saturated rings. The van der Waals surface area contributed by atoms with Crippen LogP contribution in [0.2, 0.25) is 0 Å². The molecule has 0 N–H and O–H groups in total. The van der Waals surface area contributed by atoms with Gasteiger partial charge in [-0.05, 0) is 68.1 Å². The Labute approximate surface area is 231 Å². The van der Waals surface area contributed by atoms with Crippen molar-refractivity contribution in [3.63, 3.8) is 0 Å². The van der Waals surface area contributed by atoms with E-state index in [-0.39, 0.29) is 22.8 Å². The molecule has 0 bridgehead atoms. The third-order valence-electron chi connectivity index (χ3n) is 7.65. The monoisotopic (exact) mass is 537 g/mol. The summed E-state index contributed by atoms with van der Waals surface area (Å²) in [5, 5.41) is 0. The molecule has 3 aromatic carbocycles. The molecule has 0 radical (unpaired) electrons. The molecule has 0 unspecified atom stereocenters. The molecular weight excluding hydrogens is 508 g/mol. The number of anilines is 1. The van der Waals surface area contributed by atoms with Crippen LogP contribution in [0.1, 0.15) is 35.8 Å². The number of benzene rings is 3. The van der Waals surface area contributed by atoms with Crippen molar-refractivity contribution in [2.24, 2.45) is 0 Å². The SMILES string of the molecule is Cc1cccc(C)c1-n1cc(-c2nc(C3CCN(c4ccccc4)CC3)oc2-c2ccc(F)cc2F)ccc1=O. The molecule has 6 rings (SSSR count). The summed E-state index contributed by atoms with van der Waals surface area (Å²) in [7, 11) is 0. The fourth-order valence-corrected chi connectivity index (χ4v) is 5.57. The molecule has 0 aliphatic carbocycles. The van der Waals surface area contributed by atoms with E-state index >= 15 is 4.39 Å². The lowest BCUT2D eigenvalue weighted by atomic mass is 9.96. The van der Waals surface area contributed by atoms with Gasteiger partial charge in [-0.3, -0.25) is 9.36 Å². The maximum absolute atomic E-state index is 15.0. The fourth-order valence-electron chi connectivity index (χ4n) is 5.57. The first-order valence-corrected chi connectivity index (χ1v) is 13.4. The number of aryl methyl sites for hydroxylation is 2. The lowest BCUT2D eigenvalue weighted by Crippen LogP contribution is -2.32. The van der Waals surface area contributed by atoms with Gasteiger partial charge in [0.1, 0.15) is 17.3 Å². The first kappa shape index (κ1) is 25.7. The van der Waals surface area contributed by atoms with Gasteiger partial charge in [0.05, 0.1) is 11.3 Å². The summed E-state index contributed by atoms with van der Waals surface area (Å²) in [4.78, 5) is 20.2. The van der Waals surface area contributed by atoms with Gasteiger partial charge in [0.2, 0.25) is 0 Å². The molecular formula is C33H29F2N3O2. The van der Waals surface area contributed by atoms with Crippen LogP contribution in [-0.4, -0.2) is 22.6 Å². The topological polar surface area (TPSA) is 51.3 Å². The highest BCUT2D eigenvalue weighted by Crippen LogP contribution is 2.39. The van der Waals surface area contributed by atoms with Gasteiger partial charge in [-0.2, -0.15) is 0 Å². The molecule has 0 saturated carbocycles. The van der Waals surface area contributed by atoms with Gasteiger partial charge >= 0.3 is 0 Å². The zero-order valence-electron chi connectivity index (χ0n) is 22.4. The predicted molar refractivity (Wildman–Crippen MR) is 153 cm³/mol. The lowest BCUT2D eigenvalue weighted by molar-refractivity contribution is 0.397. The van der Waals surface area contributed by atoms with E-state index < -0.39 is 11.6 Å². The zero-order valence-corrected chi connectivity index (χ0v) is 22.4. The average molecular weight is 538 g/mol. The third kappa shape index (κ3) is 4.83. The van der Waals surface area contributed by atoms with E-state index in [1.54, 1.807) is 16.8 Å². The van der Waals surface area contributed by atoms with Crippen molar-refractivity contribution in [2.75, 3.05) is 18.0 Å². The quantitative estimate of drug-likeness (QED) is 0.234. The number of pyridine rings is 1. The van der Waals surface area contributed by atoms with Crippen LogP contribution >= 0.6 is 0 Å². The molecule has 3 heterocycles. The molecule has 1 aliphatic rings. The Bertz CT molecular complexity index is 1710. The van der Waals surface area contributed by atoms with Gasteiger partial charge in [-0.15, -0.1) is 0 Å². The van der Waals surface area contributed by atoms with Crippen LogP contribution in [0.15, 0.2) is 94.3 Å². The van der Waals surface area contributed by atoms with Crippen LogP contribution < -0.4 is 10.5 Å². The smallest absolute Gasteiger partial charge is 0.255 e. The number of oxazole rings is 1. The Hall–Kier alpha value is -4.52. The highest BCUT2D eigenvalue weighted by Gasteiger charge is 2.28. The maximum Gasteiger partial charge on any atom is 0.255 e. The van der Waals surface area contributed by atoms with E-state index in [1.165, 1.54) is 23.9 Å². The number of aromatic nitrogens is 2. The molecule has 2 aromatic heterocycles. The summed E-state index contributed by atoms with van der Waals surface area (Å²) in [5.74, 6) is -0.609. The summed E-state index contributed by atoms with van der Waals surface area (Å²) in [5.41, 5.74) is 4.85. The van der Waals surface area contributed by atoms with E-state index in [9.17, 15) is 9.18 Å². The number of hydrogen-bond acceptors (Lipinski definition) is 4. The number of para-hydroxylation sites is 2. The summed E-state index contributed by atoms with van der Waals surface area (Å²) in [6, 6.07) is 22.7. The lowest BCUT2D eigenvalue weighted by Gasteiger charge is -2.32. The van der Waals surface area contributed by atoms with Crippen LogP contribution in [0.25, 0.3) is 28.3 Å². The molecule has 202 valence electrons. The van der Waals surface area contributed by atoms with Crippen molar-refractivity contribution >= 4 is 5.69 Å². The van der Waals surface area contributed by atoms with Crippen molar-refractivity contribution in [1.29, 1.82) is 0 Å². The van der Waals surface area contributed by atoms with E-state index in [4.69, 9.17) is 9.40 Å². The number of hydrogen-bond donors (Lipinski definition) is 0. The first-order chi connectivity index (χ1) is 19.4. The van der Waals surface area contributed by atoms with Crippen LogP contribution in [0.5, 0.6) is 0 Å². The number of nitrogens with zero attached hydrogens (tertiary/aromatic N) is 3. The average Bonchev–Trinajstić information content (AvgIpc) is 3.40. The molecule has 0 atom stereocenters. The summed E-state index contributed by atoms with van der Waals surface area (Å²) < 4.78 is 36.7. The van der Waals surface area contributed by atoms with Crippen LogP contribution in [-0.2, 0) is 0 Å². The summed E-state index contributed by atoms with van der Waals surface area (Å²) in [6.45, 7) is 5.59. The van der Waals surface area contributed by atoms with Crippen LogP contribution in [0, 0.1) is 25.5 Å². The second-order valence-electron chi connectivity index (χ2n) is 10.3. The number of piperidine rings is 1. The van der Waals surface area contributed by atoms with Crippen LogP contribution in [0.3, 0.4) is 0 Å². The van der Waals surface area contributed by atoms with Crippen molar-refractivity contribution in [3.8, 4) is 28.3 Å². The van der Waals surface area contributed by atoms with Crippen molar-refractivity contribution in [3.05, 3.63) is 124 Å². The molecule has 0 amide bonds. The van der Waals surface area contributed by atoms with E-state index in [2.05, 4.69) is 17.0 Å². The minimum absolute atomic E-state index is 0.0421. The minimum atomic E-state index is -0.731. The zero-order chi connectivity index (χ0) is 27.8. The highest BCUT2D eigenvalue weighted by atomic mass is 19.1. The molecule has 1 aliphatic heterocycles. The van der Waals surface area contributed by atoms with Crippen molar-refractivity contribution in [2.45, 2.75) is 32.6 Å². The normalized spacial score (nSPS) is 14.1. The fraction of sp³-hybridized carbons (Fsp3) is 0.212. The molecule has 7 heteroatoms. The summed E-state index contributed by atoms with van der Waals surface area (Å²) in [6.07, 6.45) is 3.37. The van der Waals surface area contributed by atoms with Crippen LogP contribution in [0.4, 0.5) is 14.5 Å². The minimum Gasteiger partial charge on any atom is -0.440 e. The number of rotatable bonds is 5. The first-order valence-electron chi connectivity index (χ1n) is 13.4. The Morgan fingerprint density at radius 1 is 0.875 bits per heavy atom. The Balaban J connectivity index is 1.42. The van der Waals surface area contributed by atoms with Gasteiger partial charge in [0.15, 0.2) is 11.7 Å². The Morgan fingerprint density at radius 3 is 2.30 bits per heavy atom. The third-order valence-corrected chi connectivity index (χ3v) is 7.65. The Kier molecular flexibility index (Phi) is 6.80. The van der Waals surface area contributed by atoms with Gasteiger partial charge in [0, 0.05) is 48.6 Å². The largest absolute Gasteiger partial charge is 0.440 e. The van der Waals surface area contributed by atoms with E-state index in [0.29, 0.717) is 17.1 Å². The maximum atomic E-state index is 15.0. The molecule has 40 heavy (non-hydrogen) atoms. The van der Waals surface area contributed by atoms with E-state index in [0.717, 1.165) is 48.8 Å². The van der Waals surface area contributed by atoms with E-state index in [1.807, 2.05) is 50.2 Å². The Morgan fingerprint density at radius 2 is 1.60 bits per heavy atom. The van der Waals surface area contributed by atoms with Crippen molar-refractivity contribution in [1.82, 2.24) is 9.55 Å². The molecule has 0 spiro atoms. The van der Waals surface area contributed by atoms with Gasteiger partial charge in [-0.1, -0.05) is 36.4 Å². The molecule has 5 nitrogen and oxygen atoms in total.